The van der Waals surface area contributed by atoms with Crippen LogP contribution in [0.3, 0.4) is 0 Å². The van der Waals surface area contributed by atoms with Crippen LogP contribution < -0.4 is 0 Å². The van der Waals surface area contributed by atoms with Crippen LogP contribution in [0, 0.1) is 0 Å². The molecular formula is C30H30Br2O3. The molecule has 0 fully saturated rings. The summed E-state index contributed by atoms with van der Waals surface area (Å²) in [4.78, 5) is 0. The first kappa shape index (κ1) is 27.3. The number of ether oxygens (including phenoxy) is 2. The summed E-state index contributed by atoms with van der Waals surface area (Å²) in [5.74, 6) is 0. The molecule has 0 bridgehead atoms. The number of methoxy groups -OCH3 is 1. The van der Waals surface area contributed by atoms with E-state index in [0.29, 0.717) is 13.4 Å². The quantitative estimate of drug-likeness (QED) is 0.159. The fourth-order valence-corrected chi connectivity index (χ4v) is 3.96. The Balaban J connectivity index is 0.000000198. The second-order valence-electron chi connectivity index (χ2n) is 8.15. The highest BCUT2D eigenvalue weighted by molar-refractivity contribution is 9.10. The van der Waals surface area contributed by atoms with Crippen LogP contribution in [0.2, 0.25) is 0 Å². The number of aliphatic hydroxyl groups excluding tert-OH is 1. The molecule has 0 saturated carbocycles. The summed E-state index contributed by atoms with van der Waals surface area (Å²) in [5, 5.41) is 8.94. The van der Waals surface area contributed by atoms with Gasteiger partial charge in [-0.1, -0.05) is 105 Å². The lowest BCUT2D eigenvalue weighted by Gasteiger charge is -2.05. The summed E-state index contributed by atoms with van der Waals surface area (Å²) >= 11 is 6.87. The van der Waals surface area contributed by atoms with Gasteiger partial charge in [0.2, 0.25) is 0 Å². The maximum Gasteiger partial charge on any atom is 0.146 e. The molecular weight excluding hydrogens is 568 g/mol. The third-order valence-corrected chi connectivity index (χ3v) is 6.40. The second kappa shape index (κ2) is 15.0. The summed E-state index contributed by atoms with van der Waals surface area (Å²) in [5.41, 5.74) is 7.29. The van der Waals surface area contributed by atoms with Crippen molar-refractivity contribution < 1.29 is 14.6 Å². The van der Waals surface area contributed by atoms with Crippen LogP contribution in [0.25, 0.3) is 0 Å². The Labute approximate surface area is 225 Å². The van der Waals surface area contributed by atoms with Crippen LogP contribution in [0.5, 0.6) is 0 Å². The van der Waals surface area contributed by atoms with Gasteiger partial charge >= 0.3 is 0 Å². The van der Waals surface area contributed by atoms with Gasteiger partial charge < -0.3 is 14.6 Å². The van der Waals surface area contributed by atoms with Gasteiger partial charge in [0.15, 0.2) is 0 Å². The summed E-state index contributed by atoms with van der Waals surface area (Å²) in [7, 11) is 1.63. The van der Waals surface area contributed by atoms with E-state index in [1.165, 1.54) is 22.3 Å². The average molecular weight is 598 g/mol. The minimum absolute atomic E-state index is 0.110. The van der Waals surface area contributed by atoms with E-state index in [1.54, 1.807) is 7.11 Å². The predicted molar refractivity (Wildman–Crippen MR) is 149 cm³/mol. The molecule has 4 aromatic carbocycles. The summed E-state index contributed by atoms with van der Waals surface area (Å²) in [6.45, 7) is 1.03. The van der Waals surface area contributed by atoms with Gasteiger partial charge in [0.05, 0.1) is 13.2 Å². The van der Waals surface area contributed by atoms with Crippen molar-refractivity contribution in [2.24, 2.45) is 0 Å². The Bertz CT molecular complexity index is 1120. The van der Waals surface area contributed by atoms with Gasteiger partial charge in [0.25, 0.3) is 0 Å². The average Bonchev–Trinajstić information content (AvgIpc) is 2.89. The smallest absolute Gasteiger partial charge is 0.146 e. The first-order chi connectivity index (χ1) is 17.1. The molecule has 0 saturated heterocycles. The molecule has 5 heteroatoms. The number of aliphatic hydroxyl groups is 1. The first-order valence-electron chi connectivity index (χ1n) is 11.4. The van der Waals surface area contributed by atoms with Crippen molar-refractivity contribution in [1.82, 2.24) is 0 Å². The molecule has 182 valence electrons. The standard InChI is InChI=1S/C16H17BrO2.C14H13BrO/c1-18-12-19-11-15-4-2-13(3-5-15)10-14-6-8-16(17)9-7-14;15-14-7-5-12(6-8-14)9-11-1-3-13(10-16)4-2-11/h2-9H,10-12H2,1H3;1-8,16H,9-10H2. The van der Waals surface area contributed by atoms with E-state index in [-0.39, 0.29) is 6.61 Å². The molecule has 0 atom stereocenters. The summed E-state index contributed by atoms with van der Waals surface area (Å²) in [6.07, 6.45) is 1.88. The summed E-state index contributed by atoms with van der Waals surface area (Å²) < 4.78 is 12.4. The molecule has 0 amide bonds. The fourth-order valence-electron chi connectivity index (χ4n) is 3.43. The zero-order valence-electron chi connectivity index (χ0n) is 19.8. The first-order valence-corrected chi connectivity index (χ1v) is 13.0. The van der Waals surface area contributed by atoms with E-state index in [2.05, 4.69) is 117 Å². The molecule has 0 spiro atoms. The fraction of sp³-hybridized carbons (Fsp3) is 0.200. The Hall–Kier alpha value is -2.28. The van der Waals surface area contributed by atoms with Crippen molar-refractivity contribution in [3.63, 3.8) is 0 Å². The highest BCUT2D eigenvalue weighted by Crippen LogP contribution is 2.16. The third-order valence-electron chi connectivity index (χ3n) is 5.34. The van der Waals surface area contributed by atoms with Crippen LogP contribution in [0.1, 0.15) is 33.4 Å². The lowest BCUT2D eigenvalue weighted by Crippen LogP contribution is -1.97. The molecule has 35 heavy (non-hydrogen) atoms. The molecule has 1 N–H and O–H groups in total. The lowest BCUT2D eigenvalue weighted by molar-refractivity contribution is -0.0390. The molecule has 4 aromatic rings. The normalized spacial score (nSPS) is 10.5. The number of benzene rings is 4. The Kier molecular flexibility index (Phi) is 11.7. The minimum Gasteiger partial charge on any atom is -0.392 e. The molecule has 0 heterocycles. The van der Waals surface area contributed by atoms with Gasteiger partial charge in [-0.2, -0.15) is 0 Å². The maximum atomic E-state index is 8.94. The zero-order valence-corrected chi connectivity index (χ0v) is 23.0. The second-order valence-corrected chi connectivity index (χ2v) is 9.98. The Morgan fingerprint density at radius 3 is 1.26 bits per heavy atom. The van der Waals surface area contributed by atoms with Gasteiger partial charge in [0, 0.05) is 16.1 Å². The van der Waals surface area contributed by atoms with Crippen LogP contribution in [-0.2, 0) is 35.5 Å². The largest absolute Gasteiger partial charge is 0.392 e. The van der Waals surface area contributed by atoms with Crippen molar-refractivity contribution in [3.8, 4) is 0 Å². The van der Waals surface area contributed by atoms with Crippen molar-refractivity contribution in [3.05, 3.63) is 139 Å². The monoisotopic (exact) mass is 596 g/mol. The van der Waals surface area contributed by atoms with Gasteiger partial charge in [-0.3, -0.25) is 0 Å². The number of hydrogen-bond acceptors (Lipinski definition) is 3. The molecule has 4 rings (SSSR count). The van der Waals surface area contributed by atoms with Crippen LogP contribution in [0.15, 0.2) is 106 Å². The lowest BCUT2D eigenvalue weighted by atomic mass is 10.0. The van der Waals surface area contributed by atoms with E-state index in [0.717, 1.165) is 32.9 Å². The van der Waals surface area contributed by atoms with Crippen LogP contribution in [0.4, 0.5) is 0 Å². The molecule has 0 unspecified atom stereocenters. The predicted octanol–water partition coefficient (Wildman–Crippen LogP) is 7.69. The highest BCUT2D eigenvalue weighted by atomic mass is 79.9. The molecule has 0 radical (unpaired) electrons. The van der Waals surface area contributed by atoms with Gasteiger partial charge in [-0.05, 0) is 70.5 Å². The van der Waals surface area contributed by atoms with Crippen molar-refractivity contribution in [2.45, 2.75) is 26.1 Å². The van der Waals surface area contributed by atoms with Gasteiger partial charge in [0.1, 0.15) is 6.79 Å². The van der Waals surface area contributed by atoms with Gasteiger partial charge in [-0.15, -0.1) is 0 Å². The molecule has 0 aliphatic carbocycles. The molecule has 3 nitrogen and oxygen atoms in total. The van der Waals surface area contributed by atoms with E-state index in [4.69, 9.17) is 14.6 Å². The molecule has 0 aromatic heterocycles. The Morgan fingerprint density at radius 2 is 0.886 bits per heavy atom. The third kappa shape index (κ3) is 10.1. The van der Waals surface area contributed by atoms with E-state index in [1.807, 2.05) is 12.1 Å². The summed E-state index contributed by atoms with van der Waals surface area (Å²) in [6, 6.07) is 33.3. The van der Waals surface area contributed by atoms with Crippen molar-refractivity contribution in [2.75, 3.05) is 13.9 Å². The van der Waals surface area contributed by atoms with Crippen LogP contribution in [-0.4, -0.2) is 19.0 Å². The highest BCUT2D eigenvalue weighted by Gasteiger charge is 1.99. The minimum atomic E-state index is 0.110. The number of hydrogen-bond donors (Lipinski definition) is 1. The Morgan fingerprint density at radius 1 is 0.543 bits per heavy atom. The van der Waals surface area contributed by atoms with E-state index < -0.39 is 0 Å². The SMILES string of the molecule is COCOCc1ccc(Cc2ccc(Br)cc2)cc1.OCc1ccc(Cc2ccc(Br)cc2)cc1. The van der Waals surface area contributed by atoms with Crippen molar-refractivity contribution in [1.29, 1.82) is 0 Å². The van der Waals surface area contributed by atoms with Crippen LogP contribution >= 0.6 is 31.9 Å². The zero-order chi connectivity index (χ0) is 24.9. The number of halogens is 2. The maximum absolute atomic E-state index is 8.94. The molecule has 0 aliphatic rings. The topological polar surface area (TPSA) is 38.7 Å². The number of rotatable bonds is 9. The van der Waals surface area contributed by atoms with E-state index >= 15 is 0 Å². The van der Waals surface area contributed by atoms with E-state index in [9.17, 15) is 0 Å². The molecule has 0 aliphatic heterocycles. The van der Waals surface area contributed by atoms with Crippen molar-refractivity contribution >= 4 is 31.9 Å². The van der Waals surface area contributed by atoms with Gasteiger partial charge in [-0.25, -0.2) is 0 Å².